The smallest absolute Gasteiger partial charge is 0.128 e. The molecule has 1 aliphatic rings. The molecule has 1 unspecified atom stereocenters. The molecular formula is C13H18N2. The Balaban J connectivity index is 2.65. The van der Waals surface area contributed by atoms with Gasteiger partial charge in [-0.2, -0.15) is 10.5 Å². The zero-order valence-electron chi connectivity index (χ0n) is 9.42. The predicted molar refractivity (Wildman–Crippen MR) is 59.7 cm³/mol. The van der Waals surface area contributed by atoms with Crippen LogP contribution in [0.5, 0.6) is 0 Å². The molecule has 2 nitrogen and oxygen atoms in total. The quantitative estimate of drug-likeness (QED) is 0.506. The van der Waals surface area contributed by atoms with E-state index >= 15 is 0 Å². The Morgan fingerprint density at radius 1 is 1.27 bits per heavy atom. The minimum absolute atomic E-state index is 0.368. The monoisotopic (exact) mass is 202 g/mol. The lowest BCUT2D eigenvalue weighted by molar-refractivity contribution is 0.426. The molecule has 0 bridgehead atoms. The molecule has 0 spiro atoms. The molecular weight excluding hydrogens is 184 g/mol. The van der Waals surface area contributed by atoms with Crippen molar-refractivity contribution in [2.45, 2.75) is 51.9 Å². The summed E-state index contributed by atoms with van der Waals surface area (Å²) in [6, 6.07) is 4.03. The molecule has 2 heteroatoms. The highest BCUT2D eigenvalue weighted by atomic mass is 14.3. The second-order valence-corrected chi connectivity index (χ2v) is 4.29. The molecule has 0 saturated heterocycles. The first-order valence-electron chi connectivity index (χ1n) is 5.84. The first-order valence-corrected chi connectivity index (χ1v) is 5.84. The van der Waals surface area contributed by atoms with Crippen LogP contribution in [-0.4, -0.2) is 0 Å². The second-order valence-electron chi connectivity index (χ2n) is 4.29. The van der Waals surface area contributed by atoms with E-state index in [4.69, 9.17) is 10.5 Å². The van der Waals surface area contributed by atoms with Gasteiger partial charge >= 0.3 is 0 Å². The minimum atomic E-state index is 0.368. The van der Waals surface area contributed by atoms with Crippen molar-refractivity contribution in [3.05, 3.63) is 11.1 Å². The molecule has 15 heavy (non-hydrogen) atoms. The van der Waals surface area contributed by atoms with Crippen molar-refractivity contribution >= 4 is 0 Å². The van der Waals surface area contributed by atoms with Crippen LogP contribution in [0.4, 0.5) is 0 Å². The molecule has 0 aromatic rings. The van der Waals surface area contributed by atoms with E-state index < -0.39 is 0 Å². The summed E-state index contributed by atoms with van der Waals surface area (Å²) >= 11 is 0. The molecule has 0 aromatic carbocycles. The SMILES string of the molecule is CCCC1CCCC(=C(C#N)C#N)CC1. The molecule has 1 rings (SSSR count). The van der Waals surface area contributed by atoms with Crippen LogP contribution >= 0.6 is 0 Å². The maximum Gasteiger partial charge on any atom is 0.128 e. The number of nitriles is 2. The van der Waals surface area contributed by atoms with Gasteiger partial charge in [0.1, 0.15) is 17.7 Å². The largest absolute Gasteiger partial charge is 0.192 e. The molecule has 0 aliphatic heterocycles. The summed E-state index contributed by atoms with van der Waals surface area (Å²) < 4.78 is 0. The topological polar surface area (TPSA) is 47.6 Å². The molecule has 1 aliphatic carbocycles. The lowest BCUT2D eigenvalue weighted by Crippen LogP contribution is -1.97. The van der Waals surface area contributed by atoms with Crippen molar-refractivity contribution in [2.75, 3.05) is 0 Å². The third-order valence-corrected chi connectivity index (χ3v) is 3.22. The van der Waals surface area contributed by atoms with Crippen molar-refractivity contribution in [3.8, 4) is 12.1 Å². The number of rotatable bonds is 2. The molecule has 0 N–H and O–H groups in total. The van der Waals surface area contributed by atoms with Gasteiger partial charge in [-0.25, -0.2) is 0 Å². The highest BCUT2D eigenvalue weighted by molar-refractivity contribution is 5.40. The molecule has 80 valence electrons. The Hall–Kier alpha value is -1.28. The summed E-state index contributed by atoms with van der Waals surface area (Å²) in [6.45, 7) is 2.22. The normalized spacial score (nSPS) is 21.3. The van der Waals surface area contributed by atoms with Gasteiger partial charge in [-0.05, 0) is 37.2 Å². The Bertz CT molecular complexity index is 298. The average Bonchev–Trinajstić information content (AvgIpc) is 2.47. The Kier molecular flexibility index (Phi) is 4.91. The zero-order valence-corrected chi connectivity index (χ0v) is 9.42. The van der Waals surface area contributed by atoms with Gasteiger partial charge in [0.2, 0.25) is 0 Å². The number of nitrogens with zero attached hydrogens (tertiary/aromatic N) is 2. The maximum atomic E-state index is 8.81. The summed E-state index contributed by atoms with van der Waals surface area (Å²) in [5.41, 5.74) is 1.46. The fourth-order valence-electron chi connectivity index (χ4n) is 2.38. The van der Waals surface area contributed by atoms with Gasteiger partial charge in [0.15, 0.2) is 0 Å². The summed E-state index contributed by atoms with van der Waals surface area (Å²) in [6.07, 6.45) is 8.02. The summed E-state index contributed by atoms with van der Waals surface area (Å²) in [7, 11) is 0. The van der Waals surface area contributed by atoms with E-state index in [9.17, 15) is 0 Å². The standard InChI is InChI=1S/C13H18N2/c1-2-4-11-5-3-6-12(8-7-11)13(9-14)10-15/h11H,2-8H2,1H3. The van der Waals surface area contributed by atoms with Gasteiger partial charge in [0.05, 0.1) is 0 Å². The van der Waals surface area contributed by atoms with Crippen LogP contribution in [0.3, 0.4) is 0 Å². The first-order chi connectivity index (χ1) is 7.31. The second kappa shape index (κ2) is 6.25. The summed E-state index contributed by atoms with van der Waals surface area (Å²) in [4.78, 5) is 0. The first kappa shape index (κ1) is 11.8. The highest BCUT2D eigenvalue weighted by Gasteiger charge is 2.16. The van der Waals surface area contributed by atoms with Crippen LogP contribution in [0.15, 0.2) is 11.1 Å². The van der Waals surface area contributed by atoms with Crippen molar-refractivity contribution in [1.82, 2.24) is 0 Å². The fourth-order valence-corrected chi connectivity index (χ4v) is 2.38. The average molecular weight is 202 g/mol. The van der Waals surface area contributed by atoms with E-state index in [0.717, 1.165) is 37.2 Å². The highest BCUT2D eigenvalue weighted by Crippen LogP contribution is 2.30. The van der Waals surface area contributed by atoms with E-state index in [1.165, 1.54) is 19.3 Å². The number of allylic oxidation sites excluding steroid dienone is 2. The number of hydrogen-bond acceptors (Lipinski definition) is 2. The molecule has 0 heterocycles. The molecule has 0 amide bonds. The third-order valence-electron chi connectivity index (χ3n) is 3.22. The third kappa shape index (κ3) is 3.40. The van der Waals surface area contributed by atoms with Gasteiger partial charge in [-0.15, -0.1) is 0 Å². The van der Waals surface area contributed by atoms with E-state index in [-0.39, 0.29) is 0 Å². The van der Waals surface area contributed by atoms with Crippen molar-refractivity contribution in [1.29, 1.82) is 10.5 Å². The van der Waals surface area contributed by atoms with Crippen LogP contribution in [0.2, 0.25) is 0 Å². The molecule has 1 atom stereocenters. The van der Waals surface area contributed by atoms with E-state index in [1.54, 1.807) is 0 Å². The molecule has 1 saturated carbocycles. The van der Waals surface area contributed by atoms with Crippen LogP contribution in [0.1, 0.15) is 51.9 Å². The summed E-state index contributed by atoms with van der Waals surface area (Å²) in [5.74, 6) is 0.811. The minimum Gasteiger partial charge on any atom is -0.192 e. The Morgan fingerprint density at radius 2 is 2.00 bits per heavy atom. The van der Waals surface area contributed by atoms with Crippen LogP contribution < -0.4 is 0 Å². The van der Waals surface area contributed by atoms with Crippen LogP contribution in [0, 0.1) is 28.6 Å². The van der Waals surface area contributed by atoms with E-state index in [0.29, 0.717) is 5.57 Å². The molecule has 1 fully saturated rings. The summed E-state index contributed by atoms with van der Waals surface area (Å²) in [5, 5.41) is 17.6. The van der Waals surface area contributed by atoms with Crippen LogP contribution in [0.25, 0.3) is 0 Å². The van der Waals surface area contributed by atoms with Crippen LogP contribution in [-0.2, 0) is 0 Å². The van der Waals surface area contributed by atoms with E-state index in [1.807, 2.05) is 12.1 Å². The van der Waals surface area contributed by atoms with Gasteiger partial charge in [0.25, 0.3) is 0 Å². The Morgan fingerprint density at radius 3 is 2.60 bits per heavy atom. The molecule has 0 aromatic heterocycles. The molecule has 0 radical (unpaired) electrons. The number of hydrogen-bond donors (Lipinski definition) is 0. The van der Waals surface area contributed by atoms with Crippen molar-refractivity contribution in [3.63, 3.8) is 0 Å². The van der Waals surface area contributed by atoms with Gasteiger partial charge in [-0.3, -0.25) is 0 Å². The lowest BCUT2D eigenvalue weighted by atomic mass is 9.95. The van der Waals surface area contributed by atoms with E-state index in [2.05, 4.69) is 6.92 Å². The van der Waals surface area contributed by atoms with Gasteiger partial charge in [0, 0.05) is 0 Å². The maximum absolute atomic E-state index is 8.81. The predicted octanol–water partition coefficient (Wildman–Crippen LogP) is 3.71. The zero-order chi connectivity index (χ0) is 11.1. The Labute approximate surface area is 92.2 Å². The van der Waals surface area contributed by atoms with Gasteiger partial charge < -0.3 is 0 Å². The van der Waals surface area contributed by atoms with Gasteiger partial charge in [-0.1, -0.05) is 26.2 Å². The fraction of sp³-hybridized carbons (Fsp3) is 0.692. The van der Waals surface area contributed by atoms with Crippen molar-refractivity contribution in [2.24, 2.45) is 5.92 Å². The lowest BCUT2D eigenvalue weighted by Gasteiger charge is -2.11. The van der Waals surface area contributed by atoms with Crippen molar-refractivity contribution < 1.29 is 0 Å².